The molecular weight excluding hydrogens is 362 g/mol. The van der Waals surface area contributed by atoms with Crippen molar-refractivity contribution < 1.29 is 29.3 Å². The van der Waals surface area contributed by atoms with Crippen LogP contribution in [0.3, 0.4) is 0 Å². The molecule has 0 aromatic heterocycles. The first-order chi connectivity index (χ1) is 13.5. The lowest BCUT2D eigenvalue weighted by atomic mass is 9.96. The zero-order valence-corrected chi connectivity index (χ0v) is 15.4. The number of aliphatic hydroxyl groups excluding tert-OH is 1. The Kier molecular flexibility index (Phi) is 8.05. The summed E-state index contributed by atoms with van der Waals surface area (Å²) in [6.45, 7) is 1.84. The molecule has 2 aromatic rings. The average Bonchev–Trinajstić information content (AvgIpc) is 2.70. The topological polar surface area (TPSA) is 105 Å². The first-order valence-electron chi connectivity index (χ1n) is 8.77. The van der Waals surface area contributed by atoms with Gasteiger partial charge in [-0.3, -0.25) is 5.32 Å². The third-order valence-electron chi connectivity index (χ3n) is 3.84. The van der Waals surface area contributed by atoms with Crippen LogP contribution < -0.4 is 10.1 Å². The zero-order valence-electron chi connectivity index (χ0n) is 15.4. The van der Waals surface area contributed by atoms with Crippen LogP contribution in [0.4, 0.5) is 10.5 Å². The molecule has 0 aliphatic rings. The Morgan fingerprint density at radius 3 is 2.39 bits per heavy atom. The summed E-state index contributed by atoms with van der Waals surface area (Å²) >= 11 is 0. The molecule has 7 heteroatoms. The molecule has 28 heavy (non-hydrogen) atoms. The number of carbonyl (C=O) groups excluding carboxylic acids is 1. The maximum absolute atomic E-state index is 12.3. The fourth-order valence-corrected chi connectivity index (χ4v) is 2.52. The molecule has 148 valence electrons. The van der Waals surface area contributed by atoms with Gasteiger partial charge in [0.25, 0.3) is 0 Å². The van der Waals surface area contributed by atoms with E-state index in [1.165, 1.54) is 6.08 Å². The highest BCUT2D eigenvalue weighted by atomic mass is 16.6. The van der Waals surface area contributed by atoms with E-state index in [0.717, 1.165) is 6.08 Å². The number of amides is 1. The Morgan fingerprint density at radius 1 is 1.11 bits per heavy atom. The first-order valence-corrected chi connectivity index (χ1v) is 8.77. The normalized spacial score (nSPS) is 12.9. The third kappa shape index (κ3) is 6.77. The largest absolute Gasteiger partial charge is 0.491 e. The van der Waals surface area contributed by atoms with E-state index in [-0.39, 0.29) is 19.1 Å². The predicted octanol–water partition coefficient (Wildman–Crippen LogP) is 3.62. The molecule has 0 saturated carbocycles. The van der Waals surface area contributed by atoms with Crippen LogP contribution >= 0.6 is 0 Å². The molecule has 2 atom stereocenters. The standard InChI is InChI=1S/C21H23NO6/c1-15(7-12-19(24)25)20(16-8-10-18(11-9-16)27-14-13-23)28-21(26)22-17-5-3-2-4-6-17/h2-12,15,20,23H,13-14H2,1H3,(H,22,26)(H,24,25)/b12-7+/t15-,20-/m1/s1. The van der Waals surface area contributed by atoms with Gasteiger partial charge in [0.2, 0.25) is 0 Å². The third-order valence-corrected chi connectivity index (χ3v) is 3.84. The fraction of sp³-hybridized carbons (Fsp3) is 0.238. The maximum Gasteiger partial charge on any atom is 0.412 e. The van der Waals surface area contributed by atoms with E-state index in [4.69, 9.17) is 19.7 Å². The molecule has 0 radical (unpaired) electrons. The van der Waals surface area contributed by atoms with Gasteiger partial charge in [-0.05, 0) is 29.8 Å². The molecule has 1 amide bonds. The van der Waals surface area contributed by atoms with E-state index in [9.17, 15) is 9.59 Å². The second-order valence-corrected chi connectivity index (χ2v) is 6.01. The van der Waals surface area contributed by atoms with Crippen molar-refractivity contribution in [2.45, 2.75) is 13.0 Å². The molecule has 0 saturated heterocycles. The minimum atomic E-state index is -1.08. The minimum absolute atomic E-state index is 0.0931. The number of para-hydroxylation sites is 1. The Morgan fingerprint density at radius 2 is 1.79 bits per heavy atom. The molecule has 0 aliphatic carbocycles. The highest BCUT2D eigenvalue weighted by molar-refractivity contribution is 5.84. The quantitative estimate of drug-likeness (QED) is 0.570. The Balaban J connectivity index is 2.16. The van der Waals surface area contributed by atoms with Gasteiger partial charge in [-0.1, -0.05) is 43.3 Å². The van der Waals surface area contributed by atoms with Crippen LogP contribution in [0.15, 0.2) is 66.7 Å². The van der Waals surface area contributed by atoms with Crippen LogP contribution in [0.2, 0.25) is 0 Å². The van der Waals surface area contributed by atoms with Crippen molar-refractivity contribution in [1.82, 2.24) is 0 Å². The van der Waals surface area contributed by atoms with E-state index in [1.807, 2.05) is 6.07 Å². The number of carbonyl (C=O) groups is 2. The molecule has 0 aliphatic heterocycles. The molecule has 0 heterocycles. The smallest absolute Gasteiger partial charge is 0.412 e. The maximum atomic E-state index is 12.3. The summed E-state index contributed by atoms with van der Waals surface area (Å²) in [5.41, 5.74) is 1.27. The summed E-state index contributed by atoms with van der Waals surface area (Å²) in [4.78, 5) is 23.1. The number of carboxylic acids is 1. The number of carboxylic acid groups (broad SMARTS) is 1. The van der Waals surface area contributed by atoms with Gasteiger partial charge in [-0.15, -0.1) is 0 Å². The van der Waals surface area contributed by atoms with Gasteiger partial charge in [0.05, 0.1) is 6.61 Å². The molecule has 0 bridgehead atoms. The number of hydrogen-bond acceptors (Lipinski definition) is 5. The van der Waals surface area contributed by atoms with Crippen molar-refractivity contribution >= 4 is 17.7 Å². The highest BCUT2D eigenvalue weighted by Gasteiger charge is 2.22. The molecule has 2 rings (SSSR count). The zero-order chi connectivity index (χ0) is 20.4. The van der Waals surface area contributed by atoms with E-state index in [1.54, 1.807) is 55.5 Å². The molecule has 0 unspecified atom stereocenters. The number of aliphatic hydroxyl groups is 1. The number of ether oxygens (including phenoxy) is 2. The van der Waals surface area contributed by atoms with Gasteiger partial charge < -0.3 is 19.7 Å². The lowest BCUT2D eigenvalue weighted by Gasteiger charge is -2.23. The Labute approximate surface area is 163 Å². The van der Waals surface area contributed by atoms with Gasteiger partial charge in [0.15, 0.2) is 0 Å². The Hall–Kier alpha value is -3.32. The van der Waals surface area contributed by atoms with Gasteiger partial charge in [0, 0.05) is 17.7 Å². The molecule has 7 nitrogen and oxygen atoms in total. The summed E-state index contributed by atoms with van der Waals surface area (Å²) in [7, 11) is 0. The molecule has 2 aromatic carbocycles. The summed E-state index contributed by atoms with van der Waals surface area (Å²) < 4.78 is 10.9. The van der Waals surface area contributed by atoms with Crippen LogP contribution in [0.25, 0.3) is 0 Å². The van der Waals surface area contributed by atoms with Gasteiger partial charge in [-0.25, -0.2) is 9.59 Å². The predicted molar refractivity (Wildman–Crippen MR) is 104 cm³/mol. The SMILES string of the molecule is C[C@H](/C=C/C(=O)O)[C@@H](OC(=O)Nc1ccccc1)c1ccc(OCCO)cc1. The number of benzene rings is 2. The molecule has 0 spiro atoms. The second-order valence-electron chi connectivity index (χ2n) is 6.01. The van der Waals surface area contributed by atoms with Crippen molar-refractivity contribution in [3.05, 3.63) is 72.3 Å². The summed E-state index contributed by atoms with van der Waals surface area (Å²) in [5, 5.41) is 20.3. The van der Waals surface area contributed by atoms with Crippen molar-refractivity contribution in [3.63, 3.8) is 0 Å². The highest BCUT2D eigenvalue weighted by Crippen LogP contribution is 2.29. The minimum Gasteiger partial charge on any atom is -0.491 e. The fourth-order valence-electron chi connectivity index (χ4n) is 2.52. The lowest BCUT2D eigenvalue weighted by Crippen LogP contribution is -2.21. The van der Waals surface area contributed by atoms with Crippen LogP contribution in [0.5, 0.6) is 5.75 Å². The van der Waals surface area contributed by atoms with Crippen molar-refractivity contribution in [1.29, 1.82) is 0 Å². The Bertz CT molecular complexity index is 788. The van der Waals surface area contributed by atoms with Gasteiger partial charge in [0.1, 0.15) is 18.5 Å². The first kappa shape index (κ1) is 21.0. The van der Waals surface area contributed by atoms with E-state index in [0.29, 0.717) is 17.0 Å². The van der Waals surface area contributed by atoms with E-state index in [2.05, 4.69) is 5.32 Å². The number of anilines is 1. The number of rotatable bonds is 9. The van der Waals surface area contributed by atoms with Crippen LogP contribution in [0.1, 0.15) is 18.6 Å². The van der Waals surface area contributed by atoms with Gasteiger partial charge >= 0.3 is 12.1 Å². The van der Waals surface area contributed by atoms with Gasteiger partial charge in [-0.2, -0.15) is 0 Å². The van der Waals surface area contributed by atoms with Crippen molar-refractivity contribution in [3.8, 4) is 5.75 Å². The lowest BCUT2D eigenvalue weighted by molar-refractivity contribution is -0.131. The molecular formula is C21H23NO6. The summed E-state index contributed by atoms with van der Waals surface area (Å²) in [6, 6.07) is 15.7. The second kappa shape index (κ2) is 10.7. The molecule has 0 fully saturated rings. The number of aliphatic carboxylic acids is 1. The van der Waals surface area contributed by atoms with E-state index < -0.39 is 18.2 Å². The van der Waals surface area contributed by atoms with Crippen LogP contribution in [-0.4, -0.2) is 35.5 Å². The van der Waals surface area contributed by atoms with E-state index >= 15 is 0 Å². The number of hydrogen-bond donors (Lipinski definition) is 3. The van der Waals surface area contributed by atoms with Crippen LogP contribution in [-0.2, 0) is 9.53 Å². The van der Waals surface area contributed by atoms with Crippen molar-refractivity contribution in [2.24, 2.45) is 5.92 Å². The average molecular weight is 385 g/mol. The summed E-state index contributed by atoms with van der Waals surface area (Å²) in [6.07, 6.45) is 1.15. The monoisotopic (exact) mass is 385 g/mol. The number of nitrogens with one attached hydrogen (secondary N) is 1. The summed E-state index contributed by atoms with van der Waals surface area (Å²) in [5.74, 6) is -0.895. The van der Waals surface area contributed by atoms with Crippen molar-refractivity contribution in [2.75, 3.05) is 18.5 Å². The van der Waals surface area contributed by atoms with Crippen LogP contribution in [0, 0.1) is 5.92 Å². The molecule has 3 N–H and O–H groups in total.